The second-order valence-electron chi connectivity index (χ2n) is 8.25. The average molecular weight is 459 g/mol. The van der Waals surface area contributed by atoms with E-state index in [1.165, 1.54) is 5.56 Å². The number of urea groups is 1. The zero-order valence-corrected chi connectivity index (χ0v) is 19.4. The molecule has 3 aromatic carbocycles. The molecule has 4 rings (SSSR count). The van der Waals surface area contributed by atoms with Crippen molar-refractivity contribution < 1.29 is 14.3 Å². The topological polar surface area (TPSA) is 73.9 Å². The fourth-order valence-corrected chi connectivity index (χ4v) is 3.95. The highest BCUT2D eigenvalue weighted by atomic mass is 16.5. The van der Waals surface area contributed by atoms with Crippen LogP contribution in [0.5, 0.6) is 5.75 Å². The van der Waals surface area contributed by atoms with Gasteiger partial charge in [-0.1, -0.05) is 30.3 Å². The summed E-state index contributed by atoms with van der Waals surface area (Å²) >= 11 is 0. The Morgan fingerprint density at radius 3 is 2.03 bits per heavy atom. The number of hydrogen-bond donors (Lipinski definition) is 2. The summed E-state index contributed by atoms with van der Waals surface area (Å²) in [6.07, 6.45) is 0.976. The van der Waals surface area contributed by atoms with E-state index in [1.54, 1.807) is 31.4 Å². The summed E-state index contributed by atoms with van der Waals surface area (Å²) in [5, 5.41) is 5.56. The zero-order valence-electron chi connectivity index (χ0n) is 19.4. The van der Waals surface area contributed by atoms with Crippen LogP contribution in [0.1, 0.15) is 15.9 Å². The highest BCUT2D eigenvalue weighted by Gasteiger charge is 2.22. The third-order valence-electron chi connectivity index (χ3n) is 5.96. The Hall–Kier alpha value is -3.84. The molecular formula is C27H30N4O3. The van der Waals surface area contributed by atoms with Gasteiger partial charge in [-0.05, 0) is 60.5 Å². The van der Waals surface area contributed by atoms with Gasteiger partial charge < -0.3 is 20.3 Å². The number of benzene rings is 3. The molecule has 0 aromatic heterocycles. The molecule has 176 valence electrons. The Morgan fingerprint density at radius 1 is 0.794 bits per heavy atom. The Kier molecular flexibility index (Phi) is 7.78. The largest absolute Gasteiger partial charge is 0.497 e. The summed E-state index contributed by atoms with van der Waals surface area (Å²) < 4.78 is 5.21. The predicted octanol–water partition coefficient (Wildman–Crippen LogP) is 4.34. The molecule has 0 radical (unpaired) electrons. The number of methoxy groups -OCH3 is 1. The summed E-state index contributed by atoms with van der Waals surface area (Å²) in [6.45, 7) is 4.12. The minimum absolute atomic E-state index is 0.0232. The molecule has 0 aliphatic carbocycles. The first kappa shape index (κ1) is 23.3. The molecule has 0 spiro atoms. The van der Waals surface area contributed by atoms with Gasteiger partial charge in [0, 0.05) is 49.7 Å². The normalized spacial score (nSPS) is 13.9. The quantitative estimate of drug-likeness (QED) is 0.552. The van der Waals surface area contributed by atoms with Crippen molar-refractivity contribution in [2.45, 2.75) is 6.42 Å². The highest BCUT2D eigenvalue weighted by molar-refractivity contribution is 6.00. The number of ether oxygens (including phenoxy) is 1. The maximum Gasteiger partial charge on any atom is 0.323 e. The summed E-state index contributed by atoms with van der Waals surface area (Å²) in [5.74, 6) is 0.894. The van der Waals surface area contributed by atoms with E-state index >= 15 is 0 Å². The summed E-state index contributed by atoms with van der Waals surface area (Å²) in [5.41, 5.74) is 3.26. The monoisotopic (exact) mass is 458 g/mol. The van der Waals surface area contributed by atoms with E-state index < -0.39 is 0 Å². The van der Waals surface area contributed by atoms with Gasteiger partial charge in [0.05, 0.1) is 7.11 Å². The number of amides is 3. The zero-order chi connectivity index (χ0) is 23.8. The van der Waals surface area contributed by atoms with Gasteiger partial charge in [0.1, 0.15) is 5.75 Å². The number of nitrogens with one attached hydrogen (secondary N) is 2. The first-order chi connectivity index (χ1) is 16.6. The molecule has 2 N–H and O–H groups in total. The molecule has 0 unspecified atom stereocenters. The molecule has 1 saturated heterocycles. The SMILES string of the molecule is COc1ccc(CCN2CCN(C(=O)c3ccc(NC(=O)Nc4ccccc4)cc3)CC2)cc1. The molecule has 3 aromatic rings. The molecule has 1 heterocycles. The van der Waals surface area contributed by atoms with Crippen LogP contribution in [0.2, 0.25) is 0 Å². The number of para-hydroxylation sites is 1. The molecule has 3 amide bonds. The maximum atomic E-state index is 12.9. The molecule has 0 atom stereocenters. The average Bonchev–Trinajstić information content (AvgIpc) is 2.88. The van der Waals surface area contributed by atoms with Gasteiger partial charge in [-0.15, -0.1) is 0 Å². The van der Waals surface area contributed by atoms with E-state index in [-0.39, 0.29) is 11.9 Å². The number of nitrogens with zero attached hydrogens (tertiary/aromatic N) is 2. The van der Waals surface area contributed by atoms with E-state index in [2.05, 4.69) is 27.7 Å². The van der Waals surface area contributed by atoms with Gasteiger partial charge in [0.2, 0.25) is 0 Å². The van der Waals surface area contributed by atoms with Crippen LogP contribution in [0, 0.1) is 0 Å². The lowest BCUT2D eigenvalue weighted by Crippen LogP contribution is -2.49. The lowest BCUT2D eigenvalue weighted by Gasteiger charge is -2.34. The van der Waals surface area contributed by atoms with Crippen molar-refractivity contribution in [2.24, 2.45) is 0 Å². The number of rotatable bonds is 7. The Labute approximate surface area is 200 Å². The van der Waals surface area contributed by atoms with Crippen molar-refractivity contribution in [1.29, 1.82) is 0 Å². The van der Waals surface area contributed by atoms with Crippen molar-refractivity contribution in [2.75, 3.05) is 50.5 Å². The van der Waals surface area contributed by atoms with Gasteiger partial charge in [-0.25, -0.2) is 4.79 Å². The van der Waals surface area contributed by atoms with Crippen LogP contribution >= 0.6 is 0 Å². The van der Waals surface area contributed by atoms with Gasteiger partial charge in [0.25, 0.3) is 5.91 Å². The van der Waals surface area contributed by atoms with E-state index in [4.69, 9.17) is 4.74 Å². The lowest BCUT2D eigenvalue weighted by atomic mass is 10.1. The standard InChI is InChI=1S/C27H30N4O3/c1-34-25-13-7-21(8-14-25)15-16-30-17-19-31(20-18-30)26(32)22-9-11-24(12-10-22)29-27(33)28-23-5-3-2-4-6-23/h2-14H,15-20H2,1H3,(H2,28,29,33). The Bertz CT molecular complexity index is 1080. The molecule has 0 saturated carbocycles. The van der Waals surface area contributed by atoms with Gasteiger partial charge in [0.15, 0.2) is 0 Å². The van der Waals surface area contributed by atoms with Crippen LogP contribution in [0.4, 0.5) is 16.2 Å². The predicted molar refractivity (Wildman–Crippen MR) is 135 cm³/mol. The van der Waals surface area contributed by atoms with Crippen molar-refractivity contribution in [3.8, 4) is 5.75 Å². The number of piperazine rings is 1. The van der Waals surface area contributed by atoms with E-state index in [0.29, 0.717) is 24.3 Å². The van der Waals surface area contributed by atoms with E-state index in [9.17, 15) is 9.59 Å². The van der Waals surface area contributed by atoms with Crippen molar-refractivity contribution in [3.05, 3.63) is 90.0 Å². The lowest BCUT2D eigenvalue weighted by molar-refractivity contribution is 0.0638. The van der Waals surface area contributed by atoms with Crippen LogP contribution in [0.25, 0.3) is 0 Å². The molecule has 1 aliphatic heterocycles. The fraction of sp³-hybridized carbons (Fsp3) is 0.259. The van der Waals surface area contributed by atoms with Crippen LogP contribution in [-0.4, -0.2) is 61.6 Å². The van der Waals surface area contributed by atoms with Crippen LogP contribution < -0.4 is 15.4 Å². The van der Waals surface area contributed by atoms with E-state index in [0.717, 1.165) is 37.5 Å². The minimum Gasteiger partial charge on any atom is -0.497 e. The second-order valence-corrected chi connectivity index (χ2v) is 8.25. The highest BCUT2D eigenvalue weighted by Crippen LogP contribution is 2.15. The number of hydrogen-bond acceptors (Lipinski definition) is 4. The molecule has 1 fully saturated rings. The molecular weight excluding hydrogens is 428 g/mol. The first-order valence-corrected chi connectivity index (χ1v) is 11.5. The fourth-order valence-electron chi connectivity index (χ4n) is 3.95. The van der Waals surface area contributed by atoms with Crippen LogP contribution in [0.15, 0.2) is 78.9 Å². The Balaban J connectivity index is 1.22. The summed E-state index contributed by atoms with van der Waals surface area (Å²) in [4.78, 5) is 29.4. The van der Waals surface area contributed by atoms with Crippen molar-refractivity contribution in [1.82, 2.24) is 9.80 Å². The minimum atomic E-state index is -0.323. The van der Waals surface area contributed by atoms with Gasteiger partial charge in [-0.3, -0.25) is 9.69 Å². The van der Waals surface area contributed by atoms with Crippen molar-refractivity contribution >= 4 is 23.3 Å². The third kappa shape index (κ3) is 6.36. The molecule has 1 aliphatic rings. The van der Waals surface area contributed by atoms with E-state index in [1.807, 2.05) is 47.4 Å². The molecule has 34 heavy (non-hydrogen) atoms. The number of carbonyl (C=O) groups excluding carboxylic acids is 2. The van der Waals surface area contributed by atoms with Crippen molar-refractivity contribution in [3.63, 3.8) is 0 Å². The van der Waals surface area contributed by atoms with Gasteiger partial charge >= 0.3 is 6.03 Å². The van der Waals surface area contributed by atoms with Crippen LogP contribution in [-0.2, 0) is 6.42 Å². The number of anilines is 2. The number of carbonyl (C=O) groups is 2. The first-order valence-electron chi connectivity index (χ1n) is 11.5. The third-order valence-corrected chi connectivity index (χ3v) is 5.96. The second kappa shape index (κ2) is 11.3. The molecule has 7 heteroatoms. The summed E-state index contributed by atoms with van der Waals surface area (Å²) in [6, 6.07) is 24.1. The Morgan fingerprint density at radius 2 is 1.41 bits per heavy atom. The van der Waals surface area contributed by atoms with Crippen LogP contribution in [0.3, 0.4) is 0 Å². The smallest absolute Gasteiger partial charge is 0.323 e. The molecule has 7 nitrogen and oxygen atoms in total. The molecule has 0 bridgehead atoms. The summed E-state index contributed by atoms with van der Waals surface area (Å²) in [7, 11) is 1.67. The van der Waals surface area contributed by atoms with Gasteiger partial charge in [-0.2, -0.15) is 0 Å². The maximum absolute atomic E-state index is 12.9.